The zero-order valence-electron chi connectivity index (χ0n) is 11.7. The molecule has 0 bridgehead atoms. The summed E-state index contributed by atoms with van der Waals surface area (Å²) in [4.78, 5) is 16.0. The highest BCUT2D eigenvalue weighted by Gasteiger charge is 2.08. The van der Waals surface area contributed by atoms with Crippen molar-refractivity contribution in [1.29, 1.82) is 0 Å². The molecule has 1 atom stereocenters. The summed E-state index contributed by atoms with van der Waals surface area (Å²) in [6.45, 7) is 3.76. The fourth-order valence-corrected chi connectivity index (χ4v) is 1.80. The number of nitrogens with zero attached hydrogens (tertiary/aromatic N) is 1. The highest BCUT2D eigenvalue weighted by Crippen LogP contribution is 2.22. The number of nitrogens with one attached hydrogen (secondary N) is 1. The first kappa shape index (κ1) is 14.3. The lowest BCUT2D eigenvalue weighted by molar-refractivity contribution is -0.116. The van der Waals surface area contributed by atoms with Crippen LogP contribution in [0.3, 0.4) is 0 Å². The first-order chi connectivity index (χ1) is 9.54. The summed E-state index contributed by atoms with van der Waals surface area (Å²) in [5.74, 6) is 0.511. The fourth-order valence-electron chi connectivity index (χ4n) is 1.80. The molecule has 2 aromatic rings. The van der Waals surface area contributed by atoms with Gasteiger partial charge in [-0.3, -0.25) is 4.79 Å². The van der Waals surface area contributed by atoms with Gasteiger partial charge in [0.1, 0.15) is 6.26 Å². The van der Waals surface area contributed by atoms with E-state index in [1.54, 1.807) is 6.26 Å². The zero-order valence-corrected chi connectivity index (χ0v) is 11.7. The third-order valence-electron chi connectivity index (χ3n) is 2.84. The van der Waals surface area contributed by atoms with Crippen LogP contribution in [0.25, 0.3) is 11.5 Å². The van der Waals surface area contributed by atoms with Crippen molar-refractivity contribution in [2.75, 3.05) is 5.32 Å². The Balaban J connectivity index is 2.05. The molecule has 0 spiro atoms. The van der Waals surface area contributed by atoms with Crippen molar-refractivity contribution in [3.8, 4) is 11.5 Å². The van der Waals surface area contributed by atoms with Crippen LogP contribution in [0.2, 0.25) is 0 Å². The summed E-state index contributed by atoms with van der Waals surface area (Å²) in [6.07, 6.45) is 2.69. The molecule has 2 rings (SSSR count). The normalized spacial score (nSPS) is 12.2. The zero-order chi connectivity index (χ0) is 14.5. The van der Waals surface area contributed by atoms with Crippen LogP contribution in [0, 0.1) is 6.92 Å². The lowest BCUT2D eigenvalue weighted by atomic mass is 10.1. The van der Waals surface area contributed by atoms with E-state index < -0.39 is 0 Å². The average molecular weight is 273 g/mol. The number of benzene rings is 1. The Morgan fingerprint density at radius 2 is 2.30 bits per heavy atom. The van der Waals surface area contributed by atoms with Crippen molar-refractivity contribution in [1.82, 2.24) is 4.98 Å². The fraction of sp³-hybridized carbons (Fsp3) is 0.333. The maximum Gasteiger partial charge on any atom is 0.226 e. The highest BCUT2D eigenvalue weighted by molar-refractivity contribution is 5.91. The molecule has 1 aromatic heterocycles. The monoisotopic (exact) mass is 273 g/mol. The summed E-state index contributed by atoms with van der Waals surface area (Å²) in [6, 6.07) is 7.46. The largest absolute Gasteiger partial charge is 0.444 e. The SMILES string of the molecule is Cc1coc(-c2cccc(NC(=O)CCC(C)N)c2)n1. The molecule has 5 nitrogen and oxygen atoms in total. The highest BCUT2D eigenvalue weighted by atomic mass is 16.3. The third kappa shape index (κ3) is 3.93. The van der Waals surface area contributed by atoms with E-state index in [-0.39, 0.29) is 11.9 Å². The summed E-state index contributed by atoms with van der Waals surface area (Å²) in [5, 5.41) is 2.85. The molecule has 0 aliphatic heterocycles. The summed E-state index contributed by atoms with van der Waals surface area (Å²) >= 11 is 0. The number of carbonyl (C=O) groups excluding carboxylic acids is 1. The lowest BCUT2D eigenvalue weighted by Gasteiger charge is -2.07. The molecule has 0 aliphatic carbocycles. The molecule has 20 heavy (non-hydrogen) atoms. The van der Waals surface area contributed by atoms with E-state index in [2.05, 4.69) is 10.3 Å². The van der Waals surface area contributed by atoms with Gasteiger partial charge < -0.3 is 15.5 Å². The van der Waals surface area contributed by atoms with Crippen molar-refractivity contribution in [2.45, 2.75) is 32.7 Å². The maximum atomic E-state index is 11.8. The lowest BCUT2D eigenvalue weighted by Crippen LogP contribution is -2.19. The third-order valence-corrected chi connectivity index (χ3v) is 2.84. The van der Waals surface area contributed by atoms with Gasteiger partial charge in [0.05, 0.1) is 5.69 Å². The van der Waals surface area contributed by atoms with Gasteiger partial charge in [-0.1, -0.05) is 6.07 Å². The van der Waals surface area contributed by atoms with Crippen LogP contribution in [-0.2, 0) is 4.79 Å². The smallest absolute Gasteiger partial charge is 0.226 e. The second-order valence-electron chi connectivity index (χ2n) is 4.94. The first-order valence-electron chi connectivity index (χ1n) is 6.62. The molecule has 0 radical (unpaired) electrons. The number of oxazole rings is 1. The van der Waals surface area contributed by atoms with E-state index in [0.717, 1.165) is 16.9 Å². The van der Waals surface area contributed by atoms with Crippen LogP contribution in [0.1, 0.15) is 25.5 Å². The van der Waals surface area contributed by atoms with E-state index in [0.29, 0.717) is 18.7 Å². The topological polar surface area (TPSA) is 81.2 Å². The van der Waals surface area contributed by atoms with Crippen molar-refractivity contribution in [2.24, 2.45) is 5.73 Å². The number of rotatable bonds is 5. The van der Waals surface area contributed by atoms with Gasteiger partial charge in [-0.2, -0.15) is 0 Å². The molecule has 1 heterocycles. The Morgan fingerprint density at radius 1 is 1.50 bits per heavy atom. The Bertz CT molecular complexity index is 590. The second-order valence-corrected chi connectivity index (χ2v) is 4.94. The van der Waals surface area contributed by atoms with Crippen LogP contribution in [0.15, 0.2) is 34.9 Å². The Labute approximate surface area is 118 Å². The molecule has 0 aliphatic rings. The summed E-state index contributed by atoms with van der Waals surface area (Å²) in [7, 11) is 0. The molecule has 0 saturated heterocycles. The van der Waals surface area contributed by atoms with Crippen molar-refractivity contribution >= 4 is 11.6 Å². The van der Waals surface area contributed by atoms with Crippen molar-refractivity contribution in [3.05, 3.63) is 36.2 Å². The molecule has 1 amide bonds. The number of amides is 1. The molecule has 1 unspecified atom stereocenters. The minimum Gasteiger partial charge on any atom is -0.444 e. The number of hydrogen-bond donors (Lipinski definition) is 2. The van der Waals surface area contributed by atoms with Gasteiger partial charge in [-0.25, -0.2) is 4.98 Å². The van der Waals surface area contributed by atoms with Gasteiger partial charge >= 0.3 is 0 Å². The van der Waals surface area contributed by atoms with Gasteiger partial charge in [-0.15, -0.1) is 0 Å². The Kier molecular flexibility index (Phi) is 4.53. The molecule has 0 fully saturated rings. The van der Waals surface area contributed by atoms with Gasteiger partial charge in [0.25, 0.3) is 0 Å². The van der Waals surface area contributed by atoms with E-state index in [1.165, 1.54) is 0 Å². The molecule has 3 N–H and O–H groups in total. The second kappa shape index (κ2) is 6.34. The minimum absolute atomic E-state index is 0.0300. The van der Waals surface area contributed by atoms with Crippen molar-refractivity contribution < 1.29 is 9.21 Å². The van der Waals surface area contributed by atoms with Crippen molar-refractivity contribution in [3.63, 3.8) is 0 Å². The summed E-state index contributed by atoms with van der Waals surface area (Å²) in [5.41, 5.74) is 8.03. The number of nitrogens with two attached hydrogens (primary N) is 1. The minimum atomic E-state index is -0.0389. The van der Waals surface area contributed by atoms with Crippen LogP contribution >= 0.6 is 0 Å². The predicted octanol–water partition coefficient (Wildman–Crippen LogP) is 2.72. The molecule has 5 heteroatoms. The summed E-state index contributed by atoms with van der Waals surface area (Å²) < 4.78 is 5.35. The molecular weight excluding hydrogens is 254 g/mol. The van der Waals surface area contributed by atoms with Crippen LogP contribution in [0.5, 0.6) is 0 Å². The standard InChI is InChI=1S/C15H19N3O2/c1-10(16)6-7-14(19)18-13-5-3-4-12(8-13)15-17-11(2)9-20-15/h3-5,8-10H,6-7,16H2,1-2H3,(H,18,19). The maximum absolute atomic E-state index is 11.8. The first-order valence-corrected chi connectivity index (χ1v) is 6.62. The predicted molar refractivity (Wildman–Crippen MR) is 78.2 cm³/mol. The quantitative estimate of drug-likeness (QED) is 0.877. The van der Waals surface area contributed by atoms with Gasteiger partial charge in [-0.05, 0) is 38.5 Å². The van der Waals surface area contributed by atoms with Gasteiger partial charge in [0.2, 0.25) is 11.8 Å². The number of anilines is 1. The van der Waals surface area contributed by atoms with Crippen LogP contribution < -0.4 is 11.1 Å². The number of aromatic nitrogens is 1. The molecular formula is C15H19N3O2. The molecule has 106 valence electrons. The van der Waals surface area contributed by atoms with E-state index in [1.807, 2.05) is 38.1 Å². The molecule has 1 aromatic carbocycles. The number of aryl methyl sites for hydroxylation is 1. The van der Waals surface area contributed by atoms with E-state index in [4.69, 9.17) is 10.2 Å². The van der Waals surface area contributed by atoms with E-state index >= 15 is 0 Å². The van der Waals surface area contributed by atoms with Crippen LogP contribution in [-0.4, -0.2) is 16.9 Å². The van der Waals surface area contributed by atoms with Gasteiger partial charge in [0, 0.05) is 23.7 Å². The average Bonchev–Trinajstić information content (AvgIpc) is 2.83. The van der Waals surface area contributed by atoms with Gasteiger partial charge in [0.15, 0.2) is 0 Å². The molecule has 0 saturated carbocycles. The Hall–Kier alpha value is -2.14. The number of carbonyl (C=O) groups is 1. The Morgan fingerprint density at radius 3 is 2.95 bits per heavy atom. The number of hydrogen-bond acceptors (Lipinski definition) is 4. The van der Waals surface area contributed by atoms with E-state index in [9.17, 15) is 4.79 Å². The van der Waals surface area contributed by atoms with Crippen LogP contribution in [0.4, 0.5) is 5.69 Å².